The molecule has 0 saturated carbocycles. The zero-order valence-electron chi connectivity index (χ0n) is 11.2. The van der Waals surface area contributed by atoms with E-state index in [1.807, 2.05) is 6.20 Å². The molecule has 2 fully saturated rings. The molecule has 0 radical (unpaired) electrons. The standard InChI is InChI=1S/C14H20BrN3/c1-9-4-11(15)6-17-13(9)18-8-10-5-16-7-12(10)14(18,2)3/h4,6,10,12,16H,5,7-8H2,1-3H3. The summed E-state index contributed by atoms with van der Waals surface area (Å²) in [6.45, 7) is 10.3. The second-order valence-electron chi connectivity index (χ2n) is 6.08. The molecule has 3 heterocycles. The molecule has 2 saturated heterocycles. The first-order valence-corrected chi connectivity index (χ1v) is 7.40. The lowest BCUT2D eigenvalue weighted by molar-refractivity contribution is 0.356. The van der Waals surface area contributed by atoms with Crippen LogP contribution in [0.3, 0.4) is 0 Å². The SMILES string of the molecule is Cc1cc(Br)cnc1N1CC2CNCC2C1(C)C. The third-order valence-corrected chi connectivity index (χ3v) is 5.07. The summed E-state index contributed by atoms with van der Waals surface area (Å²) in [5.74, 6) is 2.66. The van der Waals surface area contributed by atoms with Crippen molar-refractivity contribution in [2.24, 2.45) is 11.8 Å². The lowest BCUT2D eigenvalue weighted by atomic mass is 9.85. The van der Waals surface area contributed by atoms with Gasteiger partial charge in [0.2, 0.25) is 0 Å². The van der Waals surface area contributed by atoms with E-state index >= 15 is 0 Å². The summed E-state index contributed by atoms with van der Waals surface area (Å²) < 4.78 is 1.06. The highest BCUT2D eigenvalue weighted by molar-refractivity contribution is 9.10. The summed E-state index contributed by atoms with van der Waals surface area (Å²) >= 11 is 3.49. The molecule has 4 heteroatoms. The summed E-state index contributed by atoms with van der Waals surface area (Å²) in [7, 11) is 0. The van der Waals surface area contributed by atoms with Crippen molar-refractivity contribution in [2.45, 2.75) is 26.3 Å². The van der Waals surface area contributed by atoms with E-state index in [1.165, 1.54) is 5.56 Å². The van der Waals surface area contributed by atoms with Crippen molar-refractivity contribution in [2.75, 3.05) is 24.5 Å². The minimum atomic E-state index is 0.194. The largest absolute Gasteiger partial charge is 0.351 e. The van der Waals surface area contributed by atoms with Gasteiger partial charge in [-0.25, -0.2) is 4.98 Å². The molecule has 2 aliphatic heterocycles. The number of hydrogen-bond donors (Lipinski definition) is 1. The zero-order valence-corrected chi connectivity index (χ0v) is 12.8. The molecule has 2 aliphatic rings. The first-order valence-electron chi connectivity index (χ1n) is 6.60. The molecule has 2 atom stereocenters. The Labute approximate surface area is 117 Å². The molecule has 0 aromatic carbocycles. The van der Waals surface area contributed by atoms with Gasteiger partial charge in [-0.1, -0.05) is 0 Å². The van der Waals surface area contributed by atoms with E-state index < -0.39 is 0 Å². The number of fused-ring (bicyclic) bond motifs is 1. The molecular formula is C14H20BrN3. The van der Waals surface area contributed by atoms with Crippen LogP contribution >= 0.6 is 15.9 Å². The van der Waals surface area contributed by atoms with Crippen molar-refractivity contribution in [3.05, 3.63) is 22.3 Å². The monoisotopic (exact) mass is 309 g/mol. The Bertz CT molecular complexity index is 472. The van der Waals surface area contributed by atoms with E-state index in [4.69, 9.17) is 0 Å². The fraction of sp³-hybridized carbons (Fsp3) is 0.643. The highest BCUT2D eigenvalue weighted by Gasteiger charge is 2.50. The number of hydrogen-bond acceptors (Lipinski definition) is 3. The number of anilines is 1. The van der Waals surface area contributed by atoms with E-state index in [0.29, 0.717) is 0 Å². The molecule has 0 bridgehead atoms. The molecule has 18 heavy (non-hydrogen) atoms. The predicted molar refractivity (Wildman–Crippen MR) is 77.9 cm³/mol. The van der Waals surface area contributed by atoms with E-state index in [2.05, 4.69) is 58.0 Å². The number of aryl methyl sites for hydroxylation is 1. The average molecular weight is 310 g/mol. The van der Waals surface area contributed by atoms with Gasteiger partial charge in [0.25, 0.3) is 0 Å². The minimum absolute atomic E-state index is 0.194. The molecule has 0 aliphatic carbocycles. The first-order chi connectivity index (χ1) is 8.50. The zero-order chi connectivity index (χ0) is 12.9. The number of rotatable bonds is 1. The predicted octanol–water partition coefficient (Wildman–Crippen LogP) is 2.59. The van der Waals surface area contributed by atoms with Gasteiger partial charge in [-0.2, -0.15) is 0 Å². The maximum absolute atomic E-state index is 4.64. The topological polar surface area (TPSA) is 28.2 Å². The number of nitrogens with zero attached hydrogens (tertiary/aromatic N) is 2. The van der Waals surface area contributed by atoms with Crippen molar-refractivity contribution in [3.8, 4) is 0 Å². The van der Waals surface area contributed by atoms with Crippen molar-refractivity contribution >= 4 is 21.7 Å². The third-order valence-electron chi connectivity index (χ3n) is 4.63. The number of nitrogens with one attached hydrogen (secondary N) is 1. The van der Waals surface area contributed by atoms with E-state index in [9.17, 15) is 0 Å². The van der Waals surface area contributed by atoms with Crippen LogP contribution in [0.1, 0.15) is 19.4 Å². The Kier molecular flexibility index (Phi) is 2.90. The van der Waals surface area contributed by atoms with Gasteiger partial charge in [-0.15, -0.1) is 0 Å². The van der Waals surface area contributed by atoms with Crippen molar-refractivity contribution in [1.82, 2.24) is 10.3 Å². The molecule has 3 nitrogen and oxygen atoms in total. The highest BCUT2D eigenvalue weighted by Crippen LogP contribution is 2.43. The Hall–Kier alpha value is -0.610. The summed E-state index contributed by atoms with van der Waals surface area (Å²) in [4.78, 5) is 7.15. The Balaban J connectivity index is 1.97. The Morgan fingerprint density at radius 3 is 2.89 bits per heavy atom. The minimum Gasteiger partial charge on any atom is -0.351 e. The van der Waals surface area contributed by atoms with Crippen LogP contribution in [-0.2, 0) is 0 Å². The normalized spacial score (nSPS) is 29.7. The van der Waals surface area contributed by atoms with Crippen molar-refractivity contribution in [3.63, 3.8) is 0 Å². The van der Waals surface area contributed by atoms with Crippen LogP contribution in [0.2, 0.25) is 0 Å². The van der Waals surface area contributed by atoms with Crippen molar-refractivity contribution in [1.29, 1.82) is 0 Å². The Morgan fingerprint density at radius 2 is 2.22 bits per heavy atom. The second kappa shape index (κ2) is 4.20. The van der Waals surface area contributed by atoms with Crippen LogP contribution in [0.15, 0.2) is 16.7 Å². The van der Waals surface area contributed by atoms with Crippen LogP contribution in [0, 0.1) is 18.8 Å². The molecule has 1 aromatic heterocycles. The van der Waals surface area contributed by atoms with E-state index in [-0.39, 0.29) is 5.54 Å². The van der Waals surface area contributed by atoms with Crippen LogP contribution in [0.4, 0.5) is 5.82 Å². The average Bonchev–Trinajstić information content (AvgIpc) is 2.82. The smallest absolute Gasteiger partial charge is 0.131 e. The molecular weight excluding hydrogens is 290 g/mol. The lowest BCUT2D eigenvalue weighted by Crippen LogP contribution is -2.45. The summed E-state index contributed by atoms with van der Waals surface area (Å²) in [6.07, 6.45) is 1.91. The molecule has 0 spiro atoms. The van der Waals surface area contributed by atoms with E-state index in [1.54, 1.807) is 0 Å². The van der Waals surface area contributed by atoms with Crippen LogP contribution in [0.25, 0.3) is 0 Å². The molecule has 1 aromatic rings. The number of pyridine rings is 1. The lowest BCUT2D eigenvalue weighted by Gasteiger charge is -2.37. The van der Waals surface area contributed by atoms with Gasteiger partial charge in [0, 0.05) is 35.8 Å². The summed E-state index contributed by atoms with van der Waals surface area (Å²) in [6, 6.07) is 2.16. The second-order valence-corrected chi connectivity index (χ2v) is 7.00. The number of halogens is 1. The maximum atomic E-state index is 4.64. The molecule has 2 unspecified atom stereocenters. The van der Waals surface area contributed by atoms with Gasteiger partial charge in [0.05, 0.1) is 0 Å². The fourth-order valence-corrected chi connectivity index (χ4v) is 4.04. The Morgan fingerprint density at radius 1 is 1.44 bits per heavy atom. The van der Waals surface area contributed by atoms with Gasteiger partial charge in [-0.3, -0.25) is 0 Å². The van der Waals surface area contributed by atoms with Gasteiger partial charge in [0.15, 0.2) is 0 Å². The maximum Gasteiger partial charge on any atom is 0.131 e. The van der Waals surface area contributed by atoms with Crippen LogP contribution in [-0.4, -0.2) is 30.2 Å². The molecule has 1 N–H and O–H groups in total. The highest BCUT2D eigenvalue weighted by atomic mass is 79.9. The summed E-state index contributed by atoms with van der Waals surface area (Å²) in [5, 5.41) is 3.52. The van der Waals surface area contributed by atoms with Crippen molar-refractivity contribution < 1.29 is 0 Å². The van der Waals surface area contributed by atoms with Gasteiger partial charge in [0.1, 0.15) is 5.82 Å². The first kappa shape index (κ1) is 12.4. The van der Waals surface area contributed by atoms with Crippen LogP contribution < -0.4 is 10.2 Å². The van der Waals surface area contributed by atoms with E-state index in [0.717, 1.165) is 41.8 Å². The third kappa shape index (κ3) is 1.77. The number of aromatic nitrogens is 1. The van der Waals surface area contributed by atoms with Crippen LogP contribution in [0.5, 0.6) is 0 Å². The molecule has 0 amide bonds. The molecule has 3 rings (SSSR count). The fourth-order valence-electron chi connectivity index (χ4n) is 3.60. The summed E-state index contributed by atoms with van der Waals surface area (Å²) in [5.41, 5.74) is 1.45. The van der Waals surface area contributed by atoms with Gasteiger partial charge >= 0.3 is 0 Å². The van der Waals surface area contributed by atoms with Gasteiger partial charge in [-0.05, 0) is 60.2 Å². The molecule has 98 valence electrons. The quantitative estimate of drug-likeness (QED) is 0.864. The van der Waals surface area contributed by atoms with Gasteiger partial charge < -0.3 is 10.2 Å².